The van der Waals surface area contributed by atoms with Crippen LogP contribution >= 0.6 is 0 Å². The second kappa shape index (κ2) is 11.8. The third kappa shape index (κ3) is 7.41. The molecule has 0 bridgehead atoms. The van der Waals surface area contributed by atoms with Crippen molar-refractivity contribution in [3.8, 4) is 0 Å². The lowest BCUT2D eigenvalue weighted by atomic mass is 10.0. The number of rotatable bonds is 14. The maximum absolute atomic E-state index is 11.8. The van der Waals surface area contributed by atoms with Crippen molar-refractivity contribution in [3.63, 3.8) is 0 Å². The first-order valence-electron chi connectivity index (χ1n) is 10.2. The SMILES string of the molecule is CCCCCCCCCCCCCCCc1cc(=O)n2[nH]cnc2n1. The molecule has 0 amide bonds. The van der Waals surface area contributed by atoms with Gasteiger partial charge >= 0.3 is 0 Å². The summed E-state index contributed by atoms with van der Waals surface area (Å²) >= 11 is 0. The number of aromatic nitrogens is 4. The van der Waals surface area contributed by atoms with E-state index in [-0.39, 0.29) is 5.56 Å². The summed E-state index contributed by atoms with van der Waals surface area (Å²) in [6, 6.07) is 1.62. The van der Waals surface area contributed by atoms with Gasteiger partial charge in [0.05, 0.1) is 5.69 Å². The summed E-state index contributed by atoms with van der Waals surface area (Å²) in [6.07, 6.45) is 19.9. The fourth-order valence-electron chi connectivity index (χ4n) is 3.32. The zero-order chi connectivity index (χ0) is 17.7. The summed E-state index contributed by atoms with van der Waals surface area (Å²) in [7, 11) is 0. The van der Waals surface area contributed by atoms with Crippen molar-refractivity contribution in [3.05, 3.63) is 28.4 Å². The first-order valence-corrected chi connectivity index (χ1v) is 10.2. The molecule has 0 saturated heterocycles. The smallest absolute Gasteiger partial charge is 0.274 e. The van der Waals surface area contributed by atoms with E-state index in [2.05, 4.69) is 22.0 Å². The van der Waals surface area contributed by atoms with E-state index in [1.54, 1.807) is 6.07 Å². The summed E-state index contributed by atoms with van der Waals surface area (Å²) in [6.45, 7) is 2.27. The minimum atomic E-state index is -0.0767. The van der Waals surface area contributed by atoms with E-state index < -0.39 is 0 Å². The molecule has 0 radical (unpaired) electrons. The van der Waals surface area contributed by atoms with Crippen molar-refractivity contribution in [2.24, 2.45) is 0 Å². The maximum atomic E-state index is 11.8. The molecule has 0 saturated carbocycles. The van der Waals surface area contributed by atoms with Gasteiger partial charge in [-0.25, -0.2) is 9.97 Å². The molecule has 0 unspecified atom stereocenters. The Labute approximate surface area is 151 Å². The minimum absolute atomic E-state index is 0.0767. The van der Waals surface area contributed by atoms with Gasteiger partial charge in [0.15, 0.2) is 0 Å². The molecule has 5 heteroatoms. The molecular formula is C20H34N4O. The van der Waals surface area contributed by atoms with E-state index in [0.29, 0.717) is 5.78 Å². The highest BCUT2D eigenvalue weighted by Gasteiger charge is 2.03. The van der Waals surface area contributed by atoms with Crippen molar-refractivity contribution >= 4 is 5.78 Å². The topological polar surface area (TPSA) is 63.0 Å². The number of fused-ring (bicyclic) bond motifs is 1. The zero-order valence-electron chi connectivity index (χ0n) is 15.8. The second-order valence-electron chi connectivity index (χ2n) is 7.10. The Kier molecular flexibility index (Phi) is 9.31. The van der Waals surface area contributed by atoms with Gasteiger partial charge in [-0.15, -0.1) is 0 Å². The van der Waals surface area contributed by atoms with Gasteiger partial charge < -0.3 is 0 Å². The van der Waals surface area contributed by atoms with Gasteiger partial charge in [0.1, 0.15) is 6.33 Å². The van der Waals surface area contributed by atoms with Gasteiger partial charge in [-0.3, -0.25) is 9.89 Å². The molecule has 140 valence electrons. The predicted molar refractivity (Wildman–Crippen MR) is 103 cm³/mol. The van der Waals surface area contributed by atoms with E-state index in [4.69, 9.17) is 0 Å². The van der Waals surface area contributed by atoms with Gasteiger partial charge in [-0.2, -0.15) is 4.52 Å². The quantitative estimate of drug-likeness (QED) is 0.487. The van der Waals surface area contributed by atoms with Crippen molar-refractivity contribution in [2.75, 3.05) is 0 Å². The molecule has 0 atom stereocenters. The number of nitrogens with one attached hydrogen (secondary N) is 1. The van der Waals surface area contributed by atoms with Crippen molar-refractivity contribution < 1.29 is 0 Å². The summed E-state index contributed by atoms with van der Waals surface area (Å²) in [4.78, 5) is 20.3. The molecule has 2 aromatic heterocycles. The highest BCUT2D eigenvalue weighted by molar-refractivity contribution is 5.25. The lowest BCUT2D eigenvalue weighted by molar-refractivity contribution is 0.539. The van der Waals surface area contributed by atoms with E-state index in [1.807, 2.05) is 0 Å². The molecule has 0 aliphatic carbocycles. The summed E-state index contributed by atoms with van der Waals surface area (Å²) in [5.74, 6) is 0.470. The van der Waals surface area contributed by atoms with Crippen LogP contribution in [0.5, 0.6) is 0 Å². The summed E-state index contributed by atoms with van der Waals surface area (Å²) in [5.41, 5.74) is 0.785. The number of H-pyrrole nitrogens is 1. The van der Waals surface area contributed by atoms with Crippen LogP contribution in [-0.2, 0) is 6.42 Å². The van der Waals surface area contributed by atoms with Crippen LogP contribution in [0, 0.1) is 0 Å². The van der Waals surface area contributed by atoms with E-state index in [1.165, 1.54) is 87.9 Å². The highest BCUT2D eigenvalue weighted by Crippen LogP contribution is 2.13. The van der Waals surface area contributed by atoms with Crippen LogP contribution in [0.1, 0.15) is 96.1 Å². The Morgan fingerprint density at radius 3 is 2.04 bits per heavy atom. The normalized spacial score (nSPS) is 11.4. The molecule has 0 aliphatic heterocycles. The maximum Gasteiger partial charge on any atom is 0.274 e. The third-order valence-corrected chi connectivity index (χ3v) is 4.86. The van der Waals surface area contributed by atoms with E-state index in [0.717, 1.165) is 18.5 Å². The Morgan fingerprint density at radius 2 is 1.44 bits per heavy atom. The van der Waals surface area contributed by atoms with Crippen LogP contribution in [0.4, 0.5) is 0 Å². The van der Waals surface area contributed by atoms with Gasteiger partial charge in [0, 0.05) is 6.07 Å². The molecule has 2 rings (SSSR count). The third-order valence-electron chi connectivity index (χ3n) is 4.86. The number of hydrogen-bond donors (Lipinski definition) is 1. The first-order chi connectivity index (χ1) is 12.3. The molecule has 0 spiro atoms. The lowest BCUT2D eigenvalue weighted by Gasteiger charge is -2.03. The molecule has 2 heterocycles. The number of hydrogen-bond acceptors (Lipinski definition) is 3. The Bertz CT molecular complexity index is 646. The van der Waals surface area contributed by atoms with Gasteiger partial charge in [0.2, 0.25) is 0 Å². The molecule has 0 aliphatic rings. The summed E-state index contributed by atoms with van der Waals surface area (Å²) < 4.78 is 1.37. The summed E-state index contributed by atoms with van der Waals surface area (Å²) in [5, 5.41) is 2.76. The molecule has 5 nitrogen and oxygen atoms in total. The minimum Gasteiger partial charge on any atom is -0.278 e. The fourth-order valence-corrected chi connectivity index (χ4v) is 3.32. The second-order valence-corrected chi connectivity index (χ2v) is 7.10. The number of nitrogens with zero attached hydrogens (tertiary/aromatic N) is 3. The largest absolute Gasteiger partial charge is 0.278 e. The Hall–Kier alpha value is -1.65. The van der Waals surface area contributed by atoms with E-state index in [9.17, 15) is 4.79 Å². The van der Waals surface area contributed by atoms with Crippen molar-refractivity contribution in [2.45, 2.75) is 96.8 Å². The van der Waals surface area contributed by atoms with Crippen molar-refractivity contribution in [1.82, 2.24) is 19.6 Å². The van der Waals surface area contributed by atoms with E-state index >= 15 is 0 Å². The van der Waals surface area contributed by atoms with Crippen LogP contribution in [-0.4, -0.2) is 19.6 Å². The molecule has 25 heavy (non-hydrogen) atoms. The average molecular weight is 347 g/mol. The van der Waals surface area contributed by atoms with Gasteiger partial charge in [-0.05, 0) is 12.8 Å². The van der Waals surface area contributed by atoms with Crippen LogP contribution in [0.25, 0.3) is 5.78 Å². The number of unbranched alkanes of at least 4 members (excludes halogenated alkanes) is 12. The van der Waals surface area contributed by atoms with Crippen molar-refractivity contribution in [1.29, 1.82) is 0 Å². The zero-order valence-corrected chi connectivity index (χ0v) is 15.8. The van der Waals surface area contributed by atoms with Crippen LogP contribution in [0.3, 0.4) is 0 Å². The number of aryl methyl sites for hydroxylation is 1. The average Bonchev–Trinajstić information content (AvgIpc) is 3.08. The molecule has 2 aromatic rings. The molecular weight excluding hydrogens is 312 g/mol. The van der Waals surface area contributed by atoms with Crippen LogP contribution in [0.2, 0.25) is 0 Å². The van der Waals surface area contributed by atoms with Crippen LogP contribution < -0.4 is 5.56 Å². The standard InChI is InChI=1S/C20H34N4O/c1-2-3-4-5-6-7-8-9-10-11-12-13-14-15-18-16-19(25)24-20(23-18)21-17-22-24/h16-17H,2-15H2,1H3,(H,21,22,23). The monoisotopic (exact) mass is 346 g/mol. The number of aromatic amines is 1. The van der Waals surface area contributed by atoms with Gasteiger partial charge in [0.25, 0.3) is 11.3 Å². The lowest BCUT2D eigenvalue weighted by Crippen LogP contribution is -2.15. The molecule has 0 aromatic carbocycles. The van der Waals surface area contributed by atoms with Gasteiger partial charge in [-0.1, -0.05) is 84.0 Å². The fraction of sp³-hybridized carbons (Fsp3) is 0.750. The Morgan fingerprint density at radius 1 is 0.880 bits per heavy atom. The Balaban J connectivity index is 1.45. The molecule has 1 N–H and O–H groups in total. The van der Waals surface area contributed by atoms with Crippen LogP contribution in [0.15, 0.2) is 17.2 Å². The predicted octanol–water partition coefficient (Wildman–Crippen LogP) is 5.05. The molecule has 0 fully saturated rings. The highest BCUT2D eigenvalue weighted by atomic mass is 16.1. The first kappa shape index (κ1) is 19.7.